The lowest BCUT2D eigenvalue weighted by Gasteiger charge is -2.26. The Hall–Kier alpha value is -1.26. The van der Waals surface area contributed by atoms with Crippen LogP contribution in [0.1, 0.15) is 26.7 Å². The third kappa shape index (κ3) is 3.07. The summed E-state index contributed by atoms with van der Waals surface area (Å²) >= 11 is 6.09. The van der Waals surface area contributed by atoms with Gasteiger partial charge in [0, 0.05) is 18.2 Å². The number of nitrogens with zero attached hydrogens (tertiary/aromatic N) is 2. The largest absolute Gasteiger partial charge is 0.352 e. The van der Waals surface area contributed by atoms with Crippen molar-refractivity contribution >= 4 is 29.3 Å². The van der Waals surface area contributed by atoms with Crippen LogP contribution in [0.3, 0.4) is 0 Å². The second-order valence-corrected chi connectivity index (χ2v) is 5.28. The lowest BCUT2D eigenvalue weighted by atomic mass is 10.2. The van der Waals surface area contributed by atoms with Gasteiger partial charge >= 0.3 is 0 Å². The molecule has 20 heavy (non-hydrogen) atoms. The molecule has 1 heterocycles. The number of aldehydes is 1. The van der Waals surface area contributed by atoms with Gasteiger partial charge in [0.15, 0.2) is 12.5 Å². The Morgan fingerprint density at radius 3 is 2.85 bits per heavy atom. The summed E-state index contributed by atoms with van der Waals surface area (Å²) in [5, 5.41) is 0.673. The maximum Gasteiger partial charge on any atom is 0.188 e. The second-order valence-electron chi connectivity index (χ2n) is 4.84. The number of carbonyl (C=O) groups is 1. The molecule has 1 unspecified atom stereocenters. The Balaban J connectivity index is 2.28. The third-order valence-electron chi connectivity index (χ3n) is 3.45. The van der Waals surface area contributed by atoms with E-state index >= 15 is 0 Å². The van der Waals surface area contributed by atoms with Crippen LogP contribution in [0, 0.1) is 0 Å². The Morgan fingerprint density at radius 2 is 2.20 bits per heavy atom. The highest BCUT2D eigenvalue weighted by molar-refractivity contribution is 6.31. The standard InChI is InChI=1S/C15H21ClN2O2/c1-3-5-8-17-11-18(15(10-19)20-4-2)14-9-12(16)6-7-13(14)17/h6-7,9-10,15H,3-5,8,11H2,1-2H3. The molecule has 4 nitrogen and oxygen atoms in total. The summed E-state index contributed by atoms with van der Waals surface area (Å²) in [5.41, 5.74) is 2.09. The highest BCUT2D eigenvalue weighted by atomic mass is 35.5. The summed E-state index contributed by atoms with van der Waals surface area (Å²) in [4.78, 5) is 15.5. The lowest BCUT2D eigenvalue weighted by molar-refractivity contribution is -0.117. The van der Waals surface area contributed by atoms with Gasteiger partial charge in [-0.25, -0.2) is 0 Å². The number of fused-ring (bicyclic) bond motifs is 1. The number of unbranched alkanes of at least 4 members (excludes halogenated alkanes) is 1. The van der Waals surface area contributed by atoms with Gasteiger partial charge in [0.2, 0.25) is 0 Å². The highest BCUT2D eigenvalue weighted by Gasteiger charge is 2.30. The highest BCUT2D eigenvalue weighted by Crippen LogP contribution is 2.39. The first-order chi connectivity index (χ1) is 9.71. The lowest BCUT2D eigenvalue weighted by Crippen LogP contribution is -2.41. The first-order valence-corrected chi connectivity index (χ1v) is 7.47. The molecule has 0 amide bonds. The number of ether oxygens (including phenoxy) is 1. The molecule has 0 aliphatic carbocycles. The minimum Gasteiger partial charge on any atom is -0.352 e. The van der Waals surface area contributed by atoms with Crippen molar-refractivity contribution < 1.29 is 9.53 Å². The van der Waals surface area contributed by atoms with Gasteiger partial charge in [-0.1, -0.05) is 24.9 Å². The first-order valence-electron chi connectivity index (χ1n) is 7.09. The van der Waals surface area contributed by atoms with Gasteiger partial charge in [0.1, 0.15) is 0 Å². The van der Waals surface area contributed by atoms with Crippen LogP contribution in [-0.4, -0.2) is 32.3 Å². The van der Waals surface area contributed by atoms with Crippen molar-refractivity contribution in [1.82, 2.24) is 0 Å². The molecule has 0 saturated carbocycles. The second kappa shape index (κ2) is 6.95. The summed E-state index contributed by atoms with van der Waals surface area (Å²) in [7, 11) is 0. The Kier molecular flexibility index (Phi) is 5.26. The van der Waals surface area contributed by atoms with Crippen molar-refractivity contribution in [3.05, 3.63) is 23.2 Å². The number of halogens is 1. The molecule has 5 heteroatoms. The van der Waals surface area contributed by atoms with Crippen LogP contribution in [0.5, 0.6) is 0 Å². The van der Waals surface area contributed by atoms with Crippen LogP contribution in [0.2, 0.25) is 5.02 Å². The van der Waals surface area contributed by atoms with E-state index in [1.807, 2.05) is 30.0 Å². The normalized spacial score (nSPS) is 15.3. The fraction of sp³-hybridized carbons (Fsp3) is 0.533. The minimum absolute atomic E-state index is 0.505. The molecule has 1 aliphatic heterocycles. The van der Waals surface area contributed by atoms with Gasteiger partial charge < -0.3 is 14.5 Å². The van der Waals surface area contributed by atoms with Crippen LogP contribution < -0.4 is 9.80 Å². The molecule has 2 rings (SSSR count). The monoisotopic (exact) mass is 296 g/mol. The van der Waals surface area contributed by atoms with Gasteiger partial charge in [0.25, 0.3) is 0 Å². The maximum absolute atomic E-state index is 11.3. The van der Waals surface area contributed by atoms with Crippen molar-refractivity contribution in [3.63, 3.8) is 0 Å². The average Bonchev–Trinajstić information content (AvgIpc) is 2.80. The minimum atomic E-state index is -0.552. The molecule has 0 spiro atoms. The van der Waals surface area contributed by atoms with E-state index in [9.17, 15) is 4.79 Å². The molecule has 0 bridgehead atoms. The predicted octanol–water partition coefficient (Wildman–Crippen LogP) is 3.29. The number of anilines is 2. The van der Waals surface area contributed by atoms with E-state index in [0.29, 0.717) is 18.3 Å². The molecule has 0 N–H and O–H groups in total. The first kappa shape index (κ1) is 15.1. The zero-order valence-corrected chi connectivity index (χ0v) is 12.8. The number of carbonyl (C=O) groups excluding carboxylic acids is 1. The van der Waals surface area contributed by atoms with Crippen molar-refractivity contribution in [2.45, 2.75) is 32.9 Å². The fourth-order valence-corrected chi connectivity index (χ4v) is 2.63. The van der Waals surface area contributed by atoms with Crippen molar-refractivity contribution in [2.75, 3.05) is 29.6 Å². The molecule has 0 fully saturated rings. The zero-order valence-electron chi connectivity index (χ0n) is 12.0. The topological polar surface area (TPSA) is 32.8 Å². The molecule has 0 aromatic heterocycles. The summed E-state index contributed by atoms with van der Waals surface area (Å²) in [6.07, 6.45) is 2.55. The van der Waals surface area contributed by atoms with Gasteiger partial charge in [-0.3, -0.25) is 4.79 Å². The molecule has 1 aromatic rings. The van der Waals surface area contributed by atoms with E-state index < -0.39 is 6.23 Å². The zero-order chi connectivity index (χ0) is 14.5. The molecule has 1 aromatic carbocycles. The third-order valence-corrected chi connectivity index (χ3v) is 3.69. The van der Waals surface area contributed by atoms with E-state index in [1.54, 1.807) is 0 Å². The molecule has 0 radical (unpaired) electrons. The van der Waals surface area contributed by atoms with Gasteiger partial charge in [-0.2, -0.15) is 0 Å². The van der Waals surface area contributed by atoms with E-state index in [1.165, 1.54) is 0 Å². The van der Waals surface area contributed by atoms with Crippen LogP contribution >= 0.6 is 11.6 Å². The van der Waals surface area contributed by atoms with E-state index in [0.717, 1.165) is 37.0 Å². The van der Waals surface area contributed by atoms with Gasteiger partial charge in [-0.15, -0.1) is 0 Å². The van der Waals surface area contributed by atoms with Gasteiger partial charge in [-0.05, 0) is 31.5 Å². The van der Waals surface area contributed by atoms with Crippen molar-refractivity contribution in [3.8, 4) is 0 Å². The number of hydrogen-bond acceptors (Lipinski definition) is 4. The molecule has 1 aliphatic rings. The summed E-state index contributed by atoms with van der Waals surface area (Å²) in [6, 6.07) is 5.80. The molecule has 0 saturated heterocycles. The number of benzene rings is 1. The SMILES string of the molecule is CCCCN1CN(C(C=O)OCC)c2cc(Cl)ccc21. The Labute approximate surface area is 125 Å². The van der Waals surface area contributed by atoms with E-state index in [2.05, 4.69) is 11.8 Å². The summed E-state index contributed by atoms with van der Waals surface area (Å²) in [6.45, 7) is 6.20. The molecular formula is C15H21ClN2O2. The van der Waals surface area contributed by atoms with E-state index in [-0.39, 0.29) is 0 Å². The predicted molar refractivity (Wildman–Crippen MR) is 82.5 cm³/mol. The van der Waals surface area contributed by atoms with Crippen LogP contribution in [0.4, 0.5) is 11.4 Å². The number of hydrogen-bond donors (Lipinski definition) is 0. The Morgan fingerprint density at radius 1 is 1.40 bits per heavy atom. The summed E-state index contributed by atoms with van der Waals surface area (Å²) < 4.78 is 5.51. The number of rotatable bonds is 7. The van der Waals surface area contributed by atoms with Crippen LogP contribution in [-0.2, 0) is 9.53 Å². The van der Waals surface area contributed by atoms with Crippen LogP contribution in [0.15, 0.2) is 18.2 Å². The fourth-order valence-electron chi connectivity index (χ4n) is 2.46. The average molecular weight is 297 g/mol. The Bertz CT molecular complexity index is 467. The smallest absolute Gasteiger partial charge is 0.188 e. The van der Waals surface area contributed by atoms with Crippen molar-refractivity contribution in [1.29, 1.82) is 0 Å². The molecule has 110 valence electrons. The summed E-state index contributed by atoms with van der Waals surface area (Å²) in [5.74, 6) is 0. The van der Waals surface area contributed by atoms with Crippen LogP contribution in [0.25, 0.3) is 0 Å². The molecular weight excluding hydrogens is 276 g/mol. The van der Waals surface area contributed by atoms with Gasteiger partial charge in [0.05, 0.1) is 18.0 Å². The van der Waals surface area contributed by atoms with Crippen molar-refractivity contribution in [2.24, 2.45) is 0 Å². The van der Waals surface area contributed by atoms with E-state index in [4.69, 9.17) is 16.3 Å². The maximum atomic E-state index is 11.3. The quantitative estimate of drug-likeness (QED) is 0.723. The molecule has 1 atom stereocenters.